The van der Waals surface area contributed by atoms with Crippen molar-refractivity contribution in [3.05, 3.63) is 22.3 Å². The average molecular weight is 253 g/mol. The predicted molar refractivity (Wildman–Crippen MR) is 46.6 cm³/mol. The summed E-state index contributed by atoms with van der Waals surface area (Å²) < 4.78 is 1.01. The number of allylic oxidation sites excluding steroid dienone is 3. The van der Waals surface area contributed by atoms with E-state index in [0.717, 1.165) is 16.6 Å². The fraction of sp³-hybridized carbons (Fsp3) is 0.333. The fourth-order valence-electron chi connectivity index (χ4n) is 0.676. The molecule has 0 heterocycles. The van der Waals surface area contributed by atoms with Crippen molar-refractivity contribution in [1.29, 1.82) is 0 Å². The molecule has 3 heteroatoms. The highest BCUT2D eigenvalue weighted by Crippen LogP contribution is 2.23. The van der Waals surface area contributed by atoms with Gasteiger partial charge < -0.3 is 5.73 Å². The van der Waals surface area contributed by atoms with E-state index in [9.17, 15) is 0 Å². The Morgan fingerprint density at radius 1 is 1.67 bits per heavy atom. The summed E-state index contributed by atoms with van der Waals surface area (Å²) >= 11 is 6.76. The van der Waals surface area contributed by atoms with Crippen LogP contribution in [-0.2, 0) is 0 Å². The maximum absolute atomic E-state index is 5.58. The van der Waals surface area contributed by atoms with Gasteiger partial charge in [0.2, 0.25) is 0 Å². The highest BCUT2D eigenvalue weighted by Gasteiger charge is 2.07. The first kappa shape index (κ1) is 7.35. The first-order valence-electron chi connectivity index (χ1n) is 2.67. The van der Waals surface area contributed by atoms with Gasteiger partial charge in [0, 0.05) is 15.0 Å². The number of rotatable bonds is 0. The van der Waals surface area contributed by atoms with E-state index in [-0.39, 0.29) is 0 Å². The molecule has 1 aliphatic rings. The maximum Gasteiger partial charge on any atom is 0.0426 e. The van der Waals surface area contributed by atoms with Crippen molar-refractivity contribution >= 4 is 31.9 Å². The second kappa shape index (κ2) is 2.88. The zero-order chi connectivity index (χ0) is 6.85. The summed E-state index contributed by atoms with van der Waals surface area (Å²) in [6.45, 7) is 0. The van der Waals surface area contributed by atoms with Crippen molar-refractivity contribution in [3.63, 3.8) is 0 Å². The molecule has 0 radical (unpaired) electrons. The van der Waals surface area contributed by atoms with Crippen LogP contribution in [0.1, 0.15) is 6.42 Å². The number of hydrogen-bond donors (Lipinski definition) is 1. The molecular weight excluding hydrogens is 246 g/mol. The fourth-order valence-corrected chi connectivity index (χ4v) is 1.47. The zero-order valence-electron chi connectivity index (χ0n) is 4.77. The summed E-state index contributed by atoms with van der Waals surface area (Å²) in [5.74, 6) is 0. The highest BCUT2D eigenvalue weighted by atomic mass is 79.9. The molecule has 0 aromatic heterocycles. The largest absolute Gasteiger partial charge is 0.398 e. The number of alkyl halides is 1. The van der Waals surface area contributed by atoms with Gasteiger partial charge in [-0.25, -0.2) is 0 Å². The lowest BCUT2D eigenvalue weighted by Gasteiger charge is -2.09. The number of halogens is 2. The van der Waals surface area contributed by atoms with E-state index in [4.69, 9.17) is 5.73 Å². The molecule has 0 fully saturated rings. The molecule has 0 saturated carbocycles. The van der Waals surface area contributed by atoms with E-state index in [1.807, 2.05) is 6.08 Å². The first-order chi connectivity index (χ1) is 4.20. The molecule has 1 unspecified atom stereocenters. The van der Waals surface area contributed by atoms with Gasteiger partial charge in [0.15, 0.2) is 0 Å². The maximum atomic E-state index is 5.58. The van der Waals surface area contributed by atoms with E-state index >= 15 is 0 Å². The van der Waals surface area contributed by atoms with E-state index in [1.54, 1.807) is 0 Å². The molecule has 0 bridgehead atoms. The first-order valence-corrected chi connectivity index (χ1v) is 4.38. The van der Waals surface area contributed by atoms with E-state index in [2.05, 4.69) is 37.9 Å². The summed E-state index contributed by atoms with van der Waals surface area (Å²) in [7, 11) is 0. The SMILES string of the molecule is NC1=CC(Br)CC=C1Br. The molecule has 0 saturated heterocycles. The van der Waals surface area contributed by atoms with Crippen LogP contribution in [0.3, 0.4) is 0 Å². The Bertz CT molecular complexity index is 172. The van der Waals surface area contributed by atoms with E-state index < -0.39 is 0 Å². The van der Waals surface area contributed by atoms with Gasteiger partial charge in [-0.15, -0.1) is 0 Å². The minimum Gasteiger partial charge on any atom is -0.398 e. The molecule has 1 aliphatic carbocycles. The van der Waals surface area contributed by atoms with Crippen molar-refractivity contribution in [2.24, 2.45) is 5.73 Å². The van der Waals surface area contributed by atoms with Crippen LogP contribution in [0.15, 0.2) is 22.3 Å². The van der Waals surface area contributed by atoms with Gasteiger partial charge in [-0.1, -0.05) is 22.0 Å². The van der Waals surface area contributed by atoms with Gasteiger partial charge >= 0.3 is 0 Å². The van der Waals surface area contributed by atoms with E-state index in [0.29, 0.717) is 4.83 Å². The highest BCUT2D eigenvalue weighted by molar-refractivity contribution is 9.12. The molecule has 1 rings (SSSR count). The molecule has 9 heavy (non-hydrogen) atoms. The van der Waals surface area contributed by atoms with Crippen LogP contribution in [0.5, 0.6) is 0 Å². The Morgan fingerprint density at radius 3 is 2.78 bits per heavy atom. The van der Waals surface area contributed by atoms with Crippen LogP contribution in [0.25, 0.3) is 0 Å². The molecule has 0 amide bonds. The predicted octanol–water partition coefficient (Wildman–Crippen LogP) is 2.28. The molecule has 2 N–H and O–H groups in total. The Balaban J connectivity index is 2.75. The van der Waals surface area contributed by atoms with Crippen molar-refractivity contribution < 1.29 is 0 Å². The summed E-state index contributed by atoms with van der Waals surface area (Å²) in [5, 5.41) is 0. The Morgan fingerprint density at radius 2 is 2.33 bits per heavy atom. The molecular formula is C6H7Br2N. The second-order valence-corrected chi connectivity index (χ2v) is 3.96. The smallest absolute Gasteiger partial charge is 0.0426 e. The lowest BCUT2D eigenvalue weighted by molar-refractivity contribution is 1.04. The van der Waals surface area contributed by atoms with Crippen LogP contribution in [-0.4, -0.2) is 4.83 Å². The quantitative estimate of drug-likeness (QED) is 0.658. The average Bonchev–Trinajstić information content (AvgIpc) is 1.80. The normalized spacial score (nSPS) is 27.1. The molecule has 0 aromatic carbocycles. The van der Waals surface area contributed by atoms with Crippen LogP contribution in [0, 0.1) is 0 Å². The van der Waals surface area contributed by atoms with Crippen LogP contribution in [0.4, 0.5) is 0 Å². The Labute approximate surface area is 71.3 Å². The summed E-state index contributed by atoms with van der Waals surface area (Å²) in [6.07, 6.45) is 5.07. The molecule has 0 spiro atoms. The van der Waals surface area contributed by atoms with Crippen molar-refractivity contribution in [2.45, 2.75) is 11.2 Å². The van der Waals surface area contributed by atoms with Crippen LogP contribution < -0.4 is 5.73 Å². The monoisotopic (exact) mass is 251 g/mol. The van der Waals surface area contributed by atoms with Gasteiger partial charge in [-0.05, 0) is 28.4 Å². The summed E-state index contributed by atoms with van der Waals surface area (Å²) in [4.78, 5) is 0.416. The third-order valence-electron chi connectivity index (χ3n) is 1.16. The van der Waals surface area contributed by atoms with Gasteiger partial charge in [0.05, 0.1) is 0 Å². The van der Waals surface area contributed by atoms with E-state index in [1.165, 1.54) is 0 Å². The lowest BCUT2D eigenvalue weighted by Crippen LogP contribution is -2.06. The second-order valence-electron chi connectivity index (χ2n) is 1.93. The molecule has 1 atom stereocenters. The van der Waals surface area contributed by atoms with Gasteiger partial charge in [-0.3, -0.25) is 0 Å². The van der Waals surface area contributed by atoms with Gasteiger partial charge in [-0.2, -0.15) is 0 Å². The lowest BCUT2D eigenvalue weighted by atomic mass is 10.1. The van der Waals surface area contributed by atoms with Crippen molar-refractivity contribution in [3.8, 4) is 0 Å². The van der Waals surface area contributed by atoms with Gasteiger partial charge in [0.25, 0.3) is 0 Å². The zero-order valence-corrected chi connectivity index (χ0v) is 7.94. The molecule has 0 aromatic rings. The molecule has 1 nitrogen and oxygen atoms in total. The molecule has 50 valence electrons. The third kappa shape index (κ3) is 1.83. The van der Waals surface area contributed by atoms with Crippen LogP contribution in [0.2, 0.25) is 0 Å². The molecule has 0 aliphatic heterocycles. The topological polar surface area (TPSA) is 26.0 Å². The Hall–Kier alpha value is 0.240. The standard InChI is InChI=1S/C6H7Br2N/c7-4-1-2-5(8)6(9)3-4/h2-4H,1,9H2. The van der Waals surface area contributed by atoms with Crippen molar-refractivity contribution in [2.75, 3.05) is 0 Å². The number of nitrogens with two attached hydrogens (primary N) is 1. The number of hydrogen-bond acceptors (Lipinski definition) is 1. The minimum absolute atomic E-state index is 0.416. The van der Waals surface area contributed by atoms with Crippen LogP contribution >= 0.6 is 31.9 Å². The van der Waals surface area contributed by atoms with Crippen molar-refractivity contribution in [1.82, 2.24) is 0 Å². The minimum atomic E-state index is 0.416. The van der Waals surface area contributed by atoms with Gasteiger partial charge in [0.1, 0.15) is 0 Å². The Kier molecular flexibility index (Phi) is 2.35. The third-order valence-corrected chi connectivity index (χ3v) is 2.58. The summed E-state index contributed by atoms with van der Waals surface area (Å²) in [5.41, 5.74) is 6.41. The summed E-state index contributed by atoms with van der Waals surface area (Å²) in [6, 6.07) is 0.